The maximum atomic E-state index is 13.0. The minimum absolute atomic E-state index is 0.106. The van der Waals surface area contributed by atoms with Gasteiger partial charge in [0.05, 0.1) is 34.3 Å². The number of hydrogen-bond donors (Lipinski definition) is 1. The van der Waals surface area contributed by atoms with Gasteiger partial charge in [-0.15, -0.1) is 0 Å². The van der Waals surface area contributed by atoms with Crippen molar-refractivity contribution in [3.05, 3.63) is 62.5 Å². The molecule has 0 unspecified atom stereocenters. The van der Waals surface area contributed by atoms with E-state index in [1.54, 1.807) is 31.4 Å². The highest BCUT2D eigenvalue weighted by atomic mass is 16.5. The highest BCUT2D eigenvalue weighted by Crippen LogP contribution is 2.22. The third kappa shape index (κ3) is 4.62. The predicted octanol–water partition coefficient (Wildman–Crippen LogP) is 3.67. The molecule has 1 aliphatic rings. The average molecular weight is 480 g/mol. The number of hydrogen-bond acceptors (Lipinski definition) is 7. The molecule has 0 radical (unpaired) electrons. The molecule has 0 spiro atoms. The van der Waals surface area contributed by atoms with Crippen LogP contribution in [0.25, 0.3) is 10.9 Å². The molecule has 0 bridgehead atoms. The smallest absolute Gasteiger partial charge is 0.340 e. The van der Waals surface area contributed by atoms with Gasteiger partial charge in [0.15, 0.2) is 6.10 Å². The van der Waals surface area contributed by atoms with Crippen molar-refractivity contribution in [2.24, 2.45) is 0 Å². The second-order valence-corrected chi connectivity index (χ2v) is 8.78. The highest BCUT2D eigenvalue weighted by Gasteiger charge is 2.28. The number of rotatable bonds is 6. The zero-order valence-electron chi connectivity index (χ0n) is 20.4. The summed E-state index contributed by atoms with van der Waals surface area (Å²) in [5, 5.41) is 0.445. The number of aromatic amines is 1. The summed E-state index contributed by atoms with van der Waals surface area (Å²) < 4.78 is 12.2. The molecule has 1 atom stereocenters. The van der Waals surface area contributed by atoms with Crippen LogP contribution in [0.3, 0.4) is 0 Å². The summed E-state index contributed by atoms with van der Waals surface area (Å²) in [5.41, 5.74) is 1.99. The zero-order chi connectivity index (χ0) is 25.3. The van der Waals surface area contributed by atoms with Gasteiger partial charge in [0.1, 0.15) is 5.82 Å². The molecule has 184 valence electrons. The molecule has 35 heavy (non-hydrogen) atoms. The lowest BCUT2D eigenvalue weighted by atomic mass is 10.1. The summed E-state index contributed by atoms with van der Waals surface area (Å²) in [6.45, 7) is 7.38. The molecule has 1 N–H and O–H groups in total. The summed E-state index contributed by atoms with van der Waals surface area (Å²) in [6.07, 6.45) is 2.57. The second kappa shape index (κ2) is 9.85. The number of nitrogens with zero attached hydrogens (tertiary/aromatic N) is 2. The first kappa shape index (κ1) is 24.4. The molecular formula is C26H29N3O6. The van der Waals surface area contributed by atoms with Gasteiger partial charge in [-0.05, 0) is 64.3 Å². The highest BCUT2D eigenvalue weighted by molar-refractivity contribution is 6.04. The number of carbonyl (C=O) groups is 3. The monoisotopic (exact) mass is 479 g/mol. The normalized spacial score (nSPS) is 14.2. The van der Waals surface area contributed by atoms with E-state index in [2.05, 4.69) is 9.97 Å². The van der Waals surface area contributed by atoms with Crippen LogP contribution in [0.15, 0.2) is 23.0 Å². The molecule has 0 saturated carbocycles. The minimum Gasteiger partial charge on any atom is -0.462 e. The van der Waals surface area contributed by atoms with E-state index in [-0.39, 0.29) is 23.4 Å². The summed E-state index contributed by atoms with van der Waals surface area (Å²) in [4.78, 5) is 58.5. The Balaban J connectivity index is 1.56. The van der Waals surface area contributed by atoms with E-state index in [1.807, 2.05) is 0 Å². The third-order valence-corrected chi connectivity index (χ3v) is 6.37. The Labute approximate surface area is 202 Å². The number of nitrogens with one attached hydrogen (secondary N) is 1. The number of H-pyrrole nitrogens is 1. The Morgan fingerprint density at radius 1 is 1.14 bits per heavy atom. The molecule has 1 aromatic carbocycles. The number of Topliss-reactive ketones (excluding diaryl/α,β-unsaturated/α-hetero) is 1. The largest absolute Gasteiger partial charge is 0.462 e. The Morgan fingerprint density at radius 2 is 1.91 bits per heavy atom. The van der Waals surface area contributed by atoms with Gasteiger partial charge in [0.2, 0.25) is 5.78 Å². The fraction of sp³-hybridized carbons (Fsp3) is 0.423. The van der Waals surface area contributed by atoms with E-state index >= 15 is 0 Å². The minimum atomic E-state index is -1.10. The van der Waals surface area contributed by atoms with Crippen LogP contribution >= 0.6 is 0 Å². The Kier molecular flexibility index (Phi) is 6.86. The SMILES string of the molecule is CCOC(=O)c1c(C)[nH]c(C(=O)[C@@H](C)OC(=O)c2ccc3c(=O)n4c(nc3c2)CCCCC4)c1C. The van der Waals surface area contributed by atoms with Crippen LogP contribution in [0.4, 0.5) is 0 Å². The van der Waals surface area contributed by atoms with E-state index in [4.69, 9.17) is 9.47 Å². The van der Waals surface area contributed by atoms with Crippen LogP contribution in [-0.2, 0) is 22.4 Å². The van der Waals surface area contributed by atoms with Crippen molar-refractivity contribution in [2.45, 2.75) is 66.0 Å². The van der Waals surface area contributed by atoms with Crippen LogP contribution in [0.2, 0.25) is 0 Å². The fourth-order valence-corrected chi connectivity index (χ4v) is 4.54. The quantitative estimate of drug-likeness (QED) is 0.423. The summed E-state index contributed by atoms with van der Waals surface area (Å²) in [5.74, 6) is -0.947. The number of esters is 2. The Hall–Kier alpha value is -3.75. The van der Waals surface area contributed by atoms with Crippen molar-refractivity contribution in [2.75, 3.05) is 6.61 Å². The molecule has 0 saturated heterocycles. The van der Waals surface area contributed by atoms with E-state index in [1.165, 1.54) is 19.1 Å². The topological polar surface area (TPSA) is 120 Å². The van der Waals surface area contributed by atoms with Crippen molar-refractivity contribution in [1.29, 1.82) is 0 Å². The zero-order valence-corrected chi connectivity index (χ0v) is 20.4. The summed E-state index contributed by atoms with van der Waals surface area (Å²) in [6, 6.07) is 4.62. The number of fused-ring (bicyclic) bond motifs is 2. The van der Waals surface area contributed by atoms with E-state index in [0.29, 0.717) is 40.7 Å². The summed E-state index contributed by atoms with van der Waals surface area (Å²) >= 11 is 0. The first-order valence-corrected chi connectivity index (χ1v) is 11.9. The maximum Gasteiger partial charge on any atom is 0.340 e. The summed E-state index contributed by atoms with van der Waals surface area (Å²) in [7, 11) is 0. The van der Waals surface area contributed by atoms with Crippen LogP contribution in [-0.4, -0.2) is 45.0 Å². The number of aryl methyl sites for hydroxylation is 2. The van der Waals surface area contributed by atoms with Gasteiger partial charge in [-0.25, -0.2) is 14.6 Å². The van der Waals surface area contributed by atoms with Gasteiger partial charge >= 0.3 is 11.9 Å². The van der Waals surface area contributed by atoms with E-state index in [9.17, 15) is 19.2 Å². The van der Waals surface area contributed by atoms with Gasteiger partial charge in [0.25, 0.3) is 5.56 Å². The molecule has 2 aromatic heterocycles. The standard InChI is InChI=1S/C26H29N3O6/c1-5-34-26(33)21-14(2)22(27-15(21)3)23(30)16(4)35-25(32)17-10-11-18-19(13-17)28-20-9-7-6-8-12-29(20)24(18)31/h10-11,13,16,27H,5-9,12H2,1-4H3/t16-/m1/s1. The number of carbonyl (C=O) groups excluding carboxylic acids is 3. The van der Waals surface area contributed by atoms with Crippen molar-refractivity contribution in [1.82, 2.24) is 14.5 Å². The predicted molar refractivity (Wildman–Crippen MR) is 129 cm³/mol. The average Bonchev–Trinajstić information content (AvgIpc) is 2.98. The molecule has 4 rings (SSSR count). The lowest BCUT2D eigenvalue weighted by molar-refractivity contribution is 0.0316. The van der Waals surface area contributed by atoms with Crippen molar-refractivity contribution in [3.8, 4) is 0 Å². The van der Waals surface area contributed by atoms with Crippen LogP contribution in [0.1, 0.15) is 81.4 Å². The van der Waals surface area contributed by atoms with Crippen molar-refractivity contribution >= 4 is 28.6 Å². The Bertz CT molecular complexity index is 1380. The molecular weight excluding hydrogens is 450 g/mol. The van der Waals surface area contributed by atoms with E-state index in [0.717, 1.165) is 25.1 Å². The Morgan fingerprint density at radius 3 is 2.66 bits per heavy atom. The van der Waals surface area contributed by atoms with Gasteiger partial charge < -0.3 is 14.5 Å². The molecule has 9 heteroatoms. The van der Waals surface area contributed by atoms with E-state index < -0.39 is 23.8 Å². The van der Waals surface area contributed by atoms with Crippen LogP contribution < -0.4 is 5.56 Å². The third-order valence-electron chi connectivity index (χ3n) is 6.37. The van der Waals surface area contributed by atoms with Gasteiger partial charge in [-0.2, -0.15) is 0 Å². The van der Waals surface area contributed by atoms with Crippen molar-refractivity contribution < 1.29 is 23.9 Å². The fourth-order valence-electron chi connectivity index (χ4n) is 4.54. The maximum absolute atomic E-state index is 13.0. The molecule has 9 nitrogen and oxygen atoms in total. The van der Waals surface area contributed by atoms with Gasteiger partial charge in [-0.3, -0.25) is 14.2 Å². The lowest BCUT2D eigenvalue weighted by Crippen LogP contribution is -2.26. The lowest BCUT2D eigenvalue weighted by Gasteiger charge is -2.13. The molecule has 0 amide bonds. The first-order valence-electron chi connectivity index (χ1n) is 11.9. The van der Waals surface area contributed by atoms with Crippen LogP contribution in [0.5, 0.6) is 0 Å². The van der Waals surface area contributed by atoms with Crippen LogP contribution in [0, 0.1) is 13.8 Å². The van der Waals surface area contributed by atoms with Crippen molar-refractivity contribution in [3.63, 3.8) is 0 Å². The molecule has 0 aliphatic carbocycles. The first-order chi connectivity index (χ1) is 16.7. The van der Waals surface area contributed by atoms with Gasteiger partial charge in [0, 0.05) is 18.7 Å². The number of aromatic nitrogens is 3. The van der Waals surface area contributed by atoms with Gasteiger partial charge in [-0.1, -0.05) is 6.42 Å². The molecule has 3 aromatic rings. The second-order valence-electron chi connectivity index (χ2n) is 8.78. The number of ketones is 1. The number of benzene rings is 1. The molecule has 3 heterocycles. The molecule has 0 fully saturated rings. The molecule has 1 aliphatic heterocycles. The number of ether oxygens (including phenoxy) is 2.